The quantitative estimate of drug-likeness (QED) is 0.452. The molecule has 0 amide bonds. The molecule has 0 fully saturated rings. The molecule has 0 aliphatic heterocycles. The Morgan fingerprint density at radius 3 is 2.72 bits per heavy atom. The molecular formula is C12H16N4O2. The fraction of sp³-hybridized carbons (Fsp3) is 0.500. The Hall–Kier alpha value is -2.00. The van der Waals surface area contributed by atoms with E-state index >= 15 is 0 Å². The van der Waals surface area contributed by atoms with Gasteiger partial charge >= 0.3 is 0 Å². The highest BCUT2D eigenvalue weighted by Gasteiger charge is 2.19. The maximum Gasteiger partial charge on any atom is 0.278 e. The van der Waals surface area contributed by atoms with Crippen molar-refractivity contribution in [2.45, 2.75) is 27.3 Å². The van der Waals surface area contributed by atoms with E-state index in [2.05, 4.69) is 11.1 Å². The van der Waals surface area contributed by atoms with Crippen molar-refractivity contribution < 1.29 is 4.92 Å². The highest BCUT2D eigenvalue weighted by atomic mass is 16.6. The molecule has 0 saturated carbocycles. The number of hydrogen-bond donors (Lipinski definition) is 0. The molecule has 0 aliphatic carbocycles. The first-order valence-corrected chi connectivity index (χ1v) is 5.70. The van der Waals surface area contributed by atoms with Crippen LogP contribution in [0.4, 0.5) is 5.69 Å². The van der Waals surface area contributed by atoms with Crippen molar-refractivity contribution >= 4 is 5.69 Å². The molecule has 0 N–H and O–H groups in total. The molecule has 6 nitrogen and oxygen atoms in total. The first-order valence-electron chi connectivity index (χ1n) is 5.70. The predicted molar refractivity (Wildman–Crippen MR) is 66.9 cm³/mol. The second kappa shape index (κ2) is 6.07. The summed E-state index contributed by atoms with van der Waals surface area (Å²) in [5, 5.41) is 19.7. The number of nitro groups is 1. The largest absolute Gasteiger partial charge is 0.285 e. The Labute approximate surface area is 106 Å². The lowest BCUT2D eigenvalue weighted by atomic mass is 10.1. The summed E-state index contributed by atoms with van der Waals surface area (Å²) in [6.45, 7) is 6.77. The second-order valence-corrected chi connectivity index (χ2v) is 4.08. The van der Waals surface area contributed by atoms with Gasteiger partial charge in [0.15, 0.2) is 0 Å². The number of rotatable bonds is 5. The highest BCUT2D eigenvalue weighted by molar-refractivity contribution is 5.47. The molecule has 0 bridgehead atoms. The average Bonchev–Trinajstić information content (AvgIpc) is 2.31. The Morgan fingerprint density at radius 1 is 1.56 bits per heavy atom. The van der Waals surface area contributed by atoms with E-state index in [1.807, 2.05) is 11.8 Å². The molecule has 1 aromatic heterocycles. The van der Waals surface area contributed by atoms with Crippen molar-refractivity contribution in [3.05, 3.63) is 33.1 Å². The van der Waals surface area contributed by atoms with Gasteiger partial charge in [-0.2, -0.15) is 5.26 Å². The number of nitrogens with zero attached hydrogens (tertiary/aromatic N) is 4. The smallest absolute Gasteiger partial charge is 0.278 e. The van der Waals surface area contributed by atoms with Gasteiger partial charge in [0.2, 0.25) is 0 Å². The zero-order valence-corrected chi connectivity index (χ0v) is 10.8. The second-order valence-electron chi connectivity index (χ2n) is 4.08. The minimum Gasteiger partial charge on any atom is -0.285 e. The lowest BCUT2D eigenvalue weighted by molar-refractivity contribution is -0.386. The summed E-state index contributed by atoms with van der Waals surface area (Å²) in [6, 6.07) is 2.07. The lowest BCUT2D eigenvalue weighted by Gasteiger charge is -2.17. The van der Waals surface area contributed by atoms with Gasteiger partial charge in [0.25, 0.3) is 5.69 Å². The normalized spacial score (nSPS) is 10.4. The Morgan fingerprint density at radius 2 is 2.22 bits per heavy atom. The van der Waals surface area contributed by atoms with Crippen molar-refractivity contribution in [1.29, 1.82) is 5.26 Å². The Balaban J connectivity index is 3.08. The molecule has 18 heavy (non-hydrogen) atoms. The van der Waals surface area contributed by atoms with Gasteiger partial charge in [-0.05, 0) is 20.4 Å². The SMILES string of the molecule is CCN(CC#N)Cc1ncc(C)c([N+](=O)[O-])c1C. The lowest BCUT2D eigenvalue weighted by Crippen LogP contribution is -2.24. The summed E-state index contributed by atoms with van der Waals surface area (Å²) in [4.78, 5) is 16.7. The van der Waals surface area contributed by atoms with Crippen molar-refractivity contribution in [3.63, 3.8) is 0 Å². The van der Waals surface area contributed by atoms with Gasteiger partial charge in [0.1, 0.15) is 0 Å². The average molecular weight is 248 g/mol. The molecule has 0 aliphatic rings. The van der Waals surface area contributed by atoms with Crippen LogP contribution in [0.2, 0.25) is 0 Å². The van der Waals surface area contributed by atoms with Gasteiger partial charge in [-0.25, -0.2) is 0 Å². The molecule has 0 unspecified atom stereocenters. The monoisotopic (exact) mass is 248 g/mol. The summed E-state index contributed by atoms with van der Waals surface area (Å²) >= 11 is 0. The van der Waals surface area contributed by atoms with Gasteiger partial charge in [-0.1, -0.05) is 6.92 Å². The standard InChI is InChI=1S/C12H16N4O2/c1-4-15(6-5-13)8-11-10(3)12(16(17)18)9(2)7-14-11/h7H,4,6,8H2,1-3H3. The van der Waals surface area contributed by atoms with Gasteiger partial charge in [0.05, 0.1) is 23.2 Å². The molecule has 6 heteroatoms. The van der Waals surface area contributed by atoms with Crippen molar-refractivity contribution in [1.82, 2.24) is 9.88 Å². The molecule has 1 heterocycles. The first-order chi connectivity index (χ1) is 8.51. The van der Waals surface area contributed by atoms with Crippen LogP contribution in [0.25, 0.3) is 0 Å². The number of pyridine rings is 1. The molecule has 0 spiro atoms. The predicted octanol–water partition coefficient (Wildman–Crippen LogP) is 1.95. The zero-order valence-electron chi connectivity index (χ0n) is 10.8. The fourth-order valence-corrected chi connectivity index (χ4v) is 1.80. The van der Waals surface area contributed by atoms with E-state index in [1.165, 1.54) is 6.20 Å². The number of aromatic nitrogens is 1. The maximum atomic E-state index is 11.0. The first kappa shape index (κ1) is 14.1. The van der Waals surface area contributed by atoms with E-state index in [-0.39, 0.29) is 10.6 Å². The summed E-state index contributed by atoms with van der Waals surface area (Å²) < 4.78 is 0. The van der Waals surface area contributed by atoms with Crippen molar-refractivity contribution in [3.8, 4) is 6.07 Å². The van der Waals surface area contributed by atoms with Crippen LogP contribution in [0.15, 0.2) is 6.20 Å². The number of aryl methyl sites for hydroxylation is 1. The van der Waals surface area contributed by atoms with Crippen LogP contribution in [-0.2, 0) is 6.54 Å². The zero-order chi connectivity index (χ0) is 13.7. The topological polar surface area (TPSA) is 83.1 Å². The van der Waals surface area contributed by atoms with Crippen LogP contribution in [0.5, 0.6) is 0 Å². The summed E-state index contributed by atoms with van der Waals surface area (Å²) in [5.74, 6) is 0. The summed E-state index contributed by atoms with van der Waals surface area (Å²) in [5.41, 5.74) is 1.92. The van der Waals surface area contributed by atoms with Crippen LogP contribution in [0, 0.1) is 35.3 Å². The van der Waals surface area contributed by atoms with Crippen LogP contribution < -0.4 is 0 Å². The van der Waals surface area contributed by atoms with Gasteiger partial charge in [0, 0.05) is 23.9 Å². The van der Waals surface area contributed by atoms with Crippen molar-refractivity contribution in [2.75, 3.05) is 13.1 Å². The Bertz CT molecular complexity index is 494. The molecule has 1 aromatic rings. The van der Waals surface area contributed by atoms with E-state index in [4.69, 9.17) is 5.26 Å². The number of hydrogen-bond acceptors (Lipinski definition) is 5. The van der Waals surface area contributed by atoms with Crippen LogP contribution in [-0.4, -0.2) is 27.9 Å². The molecule has 0 atom stereocenters. The molecular weight excluding hydrogens is 232 g/mol. The minimum absolute atomic E-state index is 0.119. The minimum atomic E-state index is -0.379. The third kappa shape index (κ3) is 3.02. The van der Waals surface area contributed by atoms with E-state index in [1.54, 1.807) is 13.8 Å². The molecule has 0 saturated heterocycles. The van der Waals surface area contributed by atoms with E-state index < -0.39 is 0 Å². The van der Waals surface area contributed by atoms with Crippen LogP contribution in [0.1, 0.15) is 23.7 Å². The summed E-state index contributed by atoms with van der Waals surface area (Å²) in [7, 11) is 0. The van der Waals surface area contributed by atoms with Gasteiger partial charge in [-0.15, -0.1) is 0 Å². The molecule has 0 aromatic carbocycles. The van der Waals surface area contributed by atoms with Crippen LogP contribution >= 0.6 is 0 Å². The maximum absolute atomic E-state index is 11.0. The molecule has 0 radical (unpaired) electrons. The third-order valence-electron chi connectivity index (χ3n) is 2.87. The third-order valence-corrected chi connectivity index (χ3v) is 2.87. The Kier molecular flexibility index (Phi) is 4.75. The number of nitriles is 1. The summed E-state index contributed by atoms with van der Waals surface area (Å²) in [6.07, 6.45) is 1.51. The van der Waals surface area contributed by atoms with Crippen molar-refractivity contribution in [2.24, 2.45) is 0 Å². The van der Waals surface area contributed by atoms with E-state index in [0.717, 1.165) is 0 Å². The van der Waals surface area contributed by atoms with Crippen LogP contribution in [0.3, 0.4) is 0 Å². The van der Waals surface area contributed by atoms with E-state index in [9.17, 15) is 10.1 Å². The molecule has 1 rings (SSSR count). The van der Waals surface area contributed by atoms with Gasteiger partial charge < -0.3 is 0 Å². The molecule has 96 valence electrons. The van der Waals surface area contributed by atoms with E-state index in [0.29, 0.717) is 36.5 Å². The fourth-order valence-electron chi connectivity index (χ4n) is 1.80. The van der Waals surface area contributed by atoms with Gasteiger partial charge in [-0.3, -0.25) is 20.0 Å². The highest BCUT2D eigenvalue weighted by Crippen LogP contribution is 2.24.